The molecule has 38 heavy (non-hydrogen) atoms. The second-order valence-electron chi connectivity index (χ2n) is 8.29. The molecule has 0 atom stereocenters. The first kappa shape index (κ1) is 27.0. The molecule has 0 bridgehead atoms. The van der Waals surface area contributed by atoms with Gasteiger partial charge in [0.2, 0.25) is 5.91 Å². The van der Waals surface area contributed by atoms with E-state index in [0.717, 1.165) is 6.07 Å². The molecule has 1 aliphatic carbocycles. The van der Waals surface area contributed by atoms with E-state index >= 15 is 0 Å². The molecule has 1 aromatic heterocycles. The van der Waals surface area contributed by atoms with E-state index in [4.69, 9.17) is 14.2 Å². The van der Waals surface area contributed by atoms with Gasteiger partial charge >= 0.3 is 12.3 Å². The molecular formula is C25H23F3N4O5S. The lowest BCUT2D eigenvalue weighted by Crippen LogP contribution is -2.49. The van der Waals surface area contributed by atoms with Gasteiger partial charge in [0.25, 0.3) is 0 Å². The molecule has 9 nitrogen and oxygen atoms in total. The number of benzene rings is 2. The number of aromatic nitrogens is 2. The van der Waals surface area contributed by atoms with Gasteiger partial charge in [0, 0.05) is 6.54 Å². The van der Waals surface area contributed by atoms with Crippen molar-refractivity contribution in [2.45, 2.75) is 36.3 Å². The second-order valence-corrected chi connectivity index (χ2v) is 9.06. The van der Waals surface area contributed by atoms with E-state index in [2.05, 4.69) is 20.6 Å². The first-order valence-electron chi connectivity index (χ1n) is 11.3. The molecule has 0 unspecified atom stereocenters. The van der Waals surface area contributed by atoms with Crippen LogP contribution < -0.4 is 24.8 Å². The lowest BCUT2D eigenvalue weighted by Gasteiger charge is -2.17. The van der Waals surface area contributed by atoms with Gasteiger partial charge in [-0.3, -0.25) is 4.79 Å². The number of alkyl halides is 3. The van der Waals surface area contributed by atoms with Crippen LogP contribution in [0.4, 0.5) is 18.0 Å². The van der Waals surface area contributed by atoms with Crippen molar-refractivity contribution in [3.8, 4) is 23.0 Å². The summed E-state index contributed by atoms with van der Waals surface area (Å²) in [6.07, 6.45) is 0.0262. The third-order valence-corrected chi connectivity index (χ3v) is 6.20. The number of hydrogen-bond acceptors (Lipinski definition) is 8. The van der Waals surface area contributed by atoms with E-state index in [9.17, 15) is 22.8 Å². The highest BCUT2D eigenvalue weighted by Gasteiger charge is 2.51. The van der Waals surface area contributed by atoms with Crippen molar-refractivity contribution < 1.29 is 37.0 Å². The van der Waals surface area contributed by atoms with Crippen LogP contribution in [-0.2, 0) is 17.5 Å². The minimum absolute atomic E-state index is 0.0609. The SMILES string of the molecule is COc1ccc(Oc2ccc(CNC(=O)C3(NC(=O)Oc4cnc(SC)nc4)CC3)cc2)c(C(F)(F)F)c1. The molecule has 0 radical (unpaired) electrons. The van der Waals surface area contributed by atoms with Crippen LogP contribution in [0.15, 0.2) is 60.0 Å². The van der Waals surface area contributed by atoms with Crippen LogP contribution in [0.5, 0.6) is 23.0 Å². The van der Waals surface area contributed by atoms with Crippen LogP contribution in [0.1, 0.15) is 24.0 Å². The Bertz CT molecular complexity index is 1300. The molecule has 200 valence electrons. The van der Waals surface area contributed by atoms with Crippen molar-refractivity contribution in [2.24, 2.45) is 0 Å². The molecule has 0 aliphatic heterocycles. The quantitative estimate of drug-likeness (QED) is 0.285. The Balaban J connectivity index is 1.31. The van der Waals surface area contributed by atoms with Gasteiger partial charge in [0.15, 0.2) is 10.9 Å². The average Bonchev–Trinajstić information content (AvgIpc) is 3.68. The molecule has 0 saturated heterocycles. The summed E-state index contributed by atoms with van der Waals surface area (Å²) in [4.78, 5) is 33.0. The fraction of sp³-hybridized carbons (Fsp3) is 0.280. The summed E-state index contributed by atoms with van der Waals surface area (Å²) < 4.78 is 55.7. The van der Waals surface area contributed by atoms with Crippen LogP contribution in [0.2, 0.25) is 0 Å². The molecule has 1 aliphatic rings. The summed E-state index contributed by atoms with van der Waals surface area (Å²) in [5, 5.41) is 5.87. The summed E-state index contributed by atoms with van der Waals surface area (Å²) >= 11 is 1.34. The Morgan fingerprint density at radius 2 is 1.68 bits per heavy atom. The highest BCUT2D eigenvalue weighted by Crippen LogP contribution is 2.40. The standard InChI is InChI=1S/C25H23F3N4O5S/c1-35-17-7-8-20(19(11-17)25(26,27)28)36-16-5-3-15(4-6-16)12-29-21(33)24(9-10-24)32-23(34)37-18-13-30-22(38-2)31-14-18/h3-8,11,13-14H,9-10,12H2,1-2H3,(H,29,33)(H,32,34). The Morgan fingerprint density at radius 1 is 1.03 bits per heavy atom. The van der Waals surface area contributed by atoms with E-state index in [-0.39, 0.29) is 35.4 Å². The maximum absolute atomic E-state index is 13.4. The number of carbonyl (C=O) groups excluding carboxylic acids is 2. The van der Waals surface area contributed by atoms with Crippen molar-refractivity contribution in [1.29, 1.82) is 0 Å². The number of rotatable bonds is 9. The van der Waals surface area contributed by atoms with Crippen LogP contribution >= 0.6 is 11.8 Å². The fourth-order valence-corrected chi connectivity index (χ4v) is 3.74. The van der Waals surface area contributed by atoms with Crippen molar-refractivity contribution in [1.82, 2.24) is 20.6 Å². The van der Waals surface area contributed by atoms with E-state index in [1.807, 2.05) is 6.26 Å². The zero-order chi connectivity index (χ0) is 27.3. The van der Waals surface area contributed by atoms with Crippen LogP contribution in [0.25, 0.3) is 0 Å². The molecule has 2 N–H and O–H groups in total. The molecule has 0 spiro atoms. The Labute approximate surface area is 220 Å². The van der Waals surface area contributed by atoms with E-state index in [0.29, 0.717) is 23.6 Å². The van der Waals surface area contributed by atoms with Gasteiger partial charge in [-0.1, -0.05) is 23.9 Å². The maximum atomic E-state index is 13.4. The maximum Gasteiger partial charge on any atom is 0.420 e. The molecule has 1 heterocycles. The highest BCUT2D eigenvalue weighted by molar-refractivity contribution is 7.98. The molecule has 3 aromatic rings. The van der Waals surface area contributed by atoms with Crippen LogP contribution in [-0.4, -0.2) is 40.9 Å². The number of nitrogens with zero attached hydrogens (tertiary/aromatic N) is 2. The average molecular weight is 549 g/mol. The summed E-state index contributed by atoms with van der Waals surface area (Å²) in [7, 11) is 1.28. The summed E-state index contributed by atoms with van der Waals surface area (Å²) in [5.41, 5.74) is -1.35. The molecule has 4 rings (SSSR count). The third-order valence-electron chi connectivity index (χ3n) is 5.62. The van der Waals surface area contributed by atoms with Crippen molar-refractivity contribution >= 4 is 23.8 Å². The molecule has 1 fully saturated rings. The third kappa shape index (κ3) is 6.65. The second kappa shape index (κ2) is 11.2. The van der Waals surface area contributed by atoms with E-state index in [1.54, 1.807) is 12.1 Å². The van der Waals surface area contributed by atoms with Crippen LogP contribution in [0, 0.1) is 0 Å². The summed E-state index contributed by atoms with van der Waals surface area (Å²) in [6, 6.07) is 9.66. The van der Waals surface area contributed by atoms with Gasteiger partial charge < -0.3 is 24.8 Å². The smallest absolute Gasteiger partial charge is 0.420 e. The first-order valence-corrected chi connectivity index (χ1v) is 12.5. The number of thioether (sulfide) groups is 1. The summed E-state index contributed by atoms with van der Waals surface area (Å²) in [5.74, 6) is -0.341. The molecule has 1 saturated carbocycles. The number of nitrogens with one attached hydrogen (secondary N) is 2. The predicted octanol–water partition coefficient (Wildman–Crippen LogP) is 4.96. The topological polar surface area (TPSA) is 112 Å². The zero-order valence-corrected chi connectivity index (χ0v) is 21.1. The summed E-state index contributed by atoms with van der Waals surface area (Å²) in [6.45, 7) is 0.137. The Morgan fingerprint density at radius 3 is 2.26 bits per heavy atom. The van der Waals surface area contributed by atoms with Gasteiger partial charge in [-0.25, -0.2) is 14.8 Å². The van der Waals surface area contributed by atoms with Gasteiger partial charge in [-0.15, -0.1) is 0 Å². The van der Waals surface area contributed by atoms with E-state index in [1.165, 1.54) is 55.5 Å². The Kier molecular flexibility index (Phi) is 7.95. The van der Waals surface area contributed by atoms with Gasteiger partial charge in [-0.05, 0) is 55.0 Å². The molecule has 2 aromatic carbocycles. The number of halogens is 3. The predicted molar refractivity (Wildman–Crippen MR) is 131 cm³/mol. The van der Waals surface area contributed by atoms with Crippen molar-refractivity contribution in [3.05, 3.63) is 66.0 Å². The fourth-order valence-electron chi connectivity index (χ4n) is 3.42. The van der Waals surface area contributed by atoms with Gasteiger partial charge in [-0.2, -0.15) is 13.2 Å². The monoisotopic (exact) mass is 548 g/mol. The van der Waals surface area contributed by atoms with E-state index < -0.39 is 23.4 Å². The number of carbonyl (C=O) groups is 2. The van der Waals surface area contributed by atoms with Crippen molar-refractivity contribution in [2.75, 3.05) is 13.4 Å². The normalized spacial score (nSPS) is 13.8. The lowest BCUT2D eigenvalue weighted by molar-refractivity contribution is -0.138. The Hall–Kier alpha value is -4.00. The molecular weight excluding hydrogens is 525 g/mol. The van der Waals surface area contributed by atoms with Crippen LogP contribution in [0.3, 0.4) is 0 Å². The zero-order valence-electron chi connectivity index (χ0n) is 20.3. The number of hydrogen-bond donors (Lipinski definition) is 2. The first-order chi connectivity index (χ1) is 18.1. The number of amides is 2. The molecule has 13 heteroatoms. The largest absolute Gasteiger partial charge is 0.497 e. The molecule has 2 amide bonds. The lowest BCUT2D eigenvalue weighted by atomic mass is 10.1. The van der Waals surface area contributed by atoms with Gasteiger partial charge in [0.1, 0.15) is 28.4 Å². The van der Waals surface area contributed by atoms with Crippen molar-refractivity contribution in [3.63, 3.8) is 0 Å². The van der Waals surface area contributed by atoms with Gasteiger partial charge in [0.05, 0.1) is 19.5 Å². The number of methoxy groups -OCH3 is 1. The minimum atomic E-state index is -4.63. The highest BCUT2D eigenvalue weighted by atomic mass is 32.2. The number of ether oxygens (including phenoxy) is 3. The minimum Gasteiger partial charge on any atom is -0.497 e.